The Bertz CT molecular complexity index is 274. The van der Waals surface area contributed by atoms with Crippen molar-refractivity contribution in [2.45, 2.75) is 39.7 Å². The molecular formula is C12H24N2O4. The van der Waals surface area contributed by atoms with Crippen LogP contribution in [0.3, 0.4) is 0 Å². The third-order valence-corrected chi connectivity index (χ3v) is 2.22. The van der Waals surface area contributed by atoms with Gasteiger partial charge in [-0.05, 0) is 18.3 Å². The van der Waals surface area contributed by atoms with E-state index in [1.54, 1.807) is 7.11 Å². The summed E-state index contributed by atoms with van der Waals surface area (Å²) in [6, 6.07) is -1.32. The molecule has 0 aliphatic heterocycles. The SMILES string of the molecule is COCCCC(NC(=O)NCC(C)(C)C)C(=O)O. The number of aliphatic carboxylic acids is 1. The predicted octanol–water partition coefficient (Wildman–Crippen LogP) is 1.21. The first kappa shape index (κ1) is 16.7. The highest BCUT2D eigenvalue weighted by atomic mass is 16.5. The molecule has 0 aromatic rings. The van der Waals surface area contributed by atoms with Crippen LogP contribution < -0.4 is 10.6 Å². The molecule has 0 aromatic carbocycles. The Balaban J connectivity index is 4.08. The van der Waals surface area contributed by atoms with Crippen LogP contribution >= 0.6 is 0 Å². The summed E-state index contributed by atoms with van der Waals surface area (Å²) < 4.78 is 4.85. The lowest BCUT2D eigenvalue weighted by molar-refractivity contribution is -0.139. The van der Waals surface area contributed by atoms with Crippen LogP contribution in [0.2, 0.25) is 0 Å². The molecule has 0 aliphatic rings. The lowest BCUT2D eigenvalue weighted by Gasteiger charge is -2.20. The number of methoxy groups -OCH3 is 1. The van der Waals surface area contributed by atoms with Gasteiger partial charge in [0.1, 0.15) is 6.04 Å². The number of hydrogen-bond donors (Lipinski definition) is 3. The zero-order valence-electron chi connectivity index (χ0n) is 11.6. The van der Waals surface area contributed by atoms with E-state index in [-0.39, 0.29) is 5.41 Å². The van der Waals surface area contributed by atoms with Gasteiger partial charge in [-0.1, -0.05) is 20.8 Å². The molecule has 0 bridgehead atoms. The topological polar surface area (TPSA) is 87.7 Å². The number of urea groups is 1. The zero-order chi connectivity index (χ0) is 14.2. The lowest BCUT2D eigenvalue weighted by Crippen LogP contribution is -2.47. The first-order chi connectivity index (χ1) is 8.26. The van der Waals surface area contributed by atoms with Crippen LogP contribution in [0.25, 0.3) is 0 Å². The fourth-order valence-corrected chi connectivity index (χ4v) is 1.24. The Kier molecular flexibility index (Phi) is 7.35. The molecule has 0 spiro atoms. The van der Waals surface area contributed by atoms with Gasteiger partial charge in [-0.15, -0.1) is 0 Å². The fourth-order valence-electron chi connectivity index (χ4n) is 1.24. The minimum Gasteiger partial charge on any atom is -0.480 e. The Labute approximate surface area is 108 Å². The number of hydrogen-bond acceptors (Lipinski definition) is 3. The maximum atomic E-state index is 11.5. The van der Waals surface area contributed by atoms with Crippen LogP contribution in [-0.4, -0.2) is 43.4 Å². The second-order valence-electron chi connectivity index (χ2n) is 5.41. The van der Waals surface area contributed by atoms with E-state index in [0.29, 0.717) is 26.0 Å². The molecule has 3 N–H and O–H groups in total. The van der Waals surface area contributed by atoms with Crippen molar-refractivity contribution < 1.29 is 19.4 Å². The van der Waals surface area contributed by atoms with Crippen molar-refractivity contribution in [1.29, 1.82) is 0 Å². The van der Waals surface area contributed by atoms with E-state index >= 15 is 0 Å². The third kappa shape index (κ3) is 8.81. The van der Waals surface area contributed by atoms with E-state index in [1.807, 2.05) is 20.8 Å². The highest BCUT2D eigenvalue weighted by Gasteiger charge is 2.20. The van der Waals surface area contributed by atoms with Crippen molar-refractivity contribution in [3.8, 4) is 0 Å². The molecule has 0 aliphatic carbocycles. The Morgan fingerprint density at radius 3 is 2.39 bits per heavy atom. The second kappa shape index (κ2) is 7.92. The summed E-state index contributed by atoms with van der Waals surface area (Å²) in [5.74, 6) is -1.03. The fraction of sp³-hybridized carbons (Fsp3) is 0.833. The largest absolute Gasteiger partial charge is 0.480 e. The first-order valence-electron chi connectivity index (χ1n) is 6.02. The third-order valence-electron chi connectivity index (χ3n) is 2.22. The van der Waals surface area contributed by atoms with Crippen LogP contribution in [0, 0.1) is 5.41 Å². The van der Waals surface area contributed by atoms with Crippen LogP contribution in [0.1, 0.15) is 33.6 Å². The minimum absolute atomic E-state index is 0.0356. The van der Waals surface area contributed by atoms with Gasteiger partial charge in [-0.2, -0.15) is 0 Å². The molecule has 0 heterocycles. The molecule has 0 aromatic heterocycles. The molecule has 18 heavy (non-hydrogen) atoms. The highest BCUT2D eigenvalue weighted by Crippen LogP contribution is 2.10. The van der Waals surface area contributed by atoms with Gasteiger partial charge in [0.05, 0.1) is 0 Å². The van der Waals surface area contributed by atoms with Crippen molar-refractivity contribution in [3.05, 3.63) is 0 Å². The van der Waals surface area contributed by atoms with Crippen molar-refractivity contribution in [3.63, 3.8) is 0 Å². The molecule has 1 atom stereocenters. The molecule has 1 unspecified atom stereocenters. The normalized spacial score (nSPS) is 12.9. The Morgan fingerprint density at radius 2 is 1.94 bits per heavy atom. The van der Waals surface area contributed by atoms with Gasteiger partial charge in [0.15, 0.2) is 0 Å². The van der Waals surface area contributed by atoms with E-state index in [0.717, 1.165) is 0 Å². The molecule has 0 saturated heterocycles. The van der Waals surface area contributed by atoms with Crippen molar-refractivity contribution in [2.24, 2.45) is 5.41 Å². The summed E-state index contributed by atoms with van der Waals surface area (Å²) in [7, 11) is 1.55. The van der Waals surface area contributed by atoms with Gasteiger partial charge in [0.25, 0.3) is 0 Å². The van der Waals surface area contributed by atoms with Gasteiger partial charge >= 0.3 is 12.0 Å². The Morgan fingerprint density at radius 1 is 1.33 bits per heavy atom. The zero-order valence-corrected chi connectivity index (χ0v) is 11.6. The number of rotatable bonds is 7. The number of ether oxygens (including phenoxy) is 1. The summed E-state index contributed by atoms with van der Waals surface area (Å²) >= 11 is 0. The van der Waals surface area contributed by atoms with Crippen LogP contribution in [0.15, 0.2) is 0 Å². The molecule has 0 radical (unpaired) electrons. The van der Waals surface area contributed by atoms with Crippen LogP contribution in [0.4, 0.5) is 4.79 Å². The number of nitrogens with one attached hydrogen (secondary N) is 2. The molecule has 0 rings (SSSR count). The van der Waals surface area contributed by atoms with E-state index in [9.17, 15) is 9.59 Å². The average molecular weight is 260 g/mol. The van der Waals surface area contributed by atoms with Crippen LogP contribution in [-0.2, 0) is 9.53 Å². The molecule has 6 heteroatoms. The summed E-state index contributed by atoms with van der Waals surface area (Å²) in [6.07, 6.45) is 0.944. The lowest BCUT2D eigenvalue weighted by atomic mass is 9.97. The number of amides is 2. The molecule has 6 nitrogen and oxygen atoms in total. The molecule has 2 amide bonds. The van der Waals surface area contributed by atoms with E-state index in [2.05, 4.69) is 10.6 Å². The van der Waals surface area contributed by atoms with Crippen molar-refractivity contribution >= 4 is 12.0 Å². The monoisotopic (exact) mass is 260 g/mol. The Hall–Kier alpha value is -1.30. The summed E-state index contributed by atoms with van der Waals surface area (Å²) in [5, 5.41) is 14.1. The summed E-state index contributed by atoms with van der Waals surface area (Å²) in [6.45, 7) is 6.93. The summed E-state index contributed by atoms with van der Waals surface area (Å²) in [4.78, 5) is 22.5. The summed E-state index contributed by atoms with van der Waals surface area (Å²) in [5.41, 5.74) is -0.0356. The van der Waals surface area contributed by atoms with Gasteiger partial charge in [-0.3, -0.25) is 0 Å². The number of carbonyl (C=O) groups excluding carboxylic acids is 1. The maximum absolute atomic E-state index is 11.5. The quantitative estimate of drug-likeness (QED) is 0.600. The molecule has 0 saturated carbocycles. The first-order valence-corrected chi connectivity index (χ1v) is 6.02. The number of carboxylic acids is 1. The predicted molar refractivity (Wildman–Crippen MR) is 68.5 cm³/mol. The average Bonchev–Trinajstić information content (AvgIpc) is 2.24. The smallest absolute Gasteiger partial charge is 0.326 e. The minimum atomic E-state index is -1.03. The highest BCUT2D eigenvalue weighted by molar-refractivity contribution is 5.82. The van der Waals surface area contributed by atoms with E-state index in [4.69, 9.17) is 9.84 Å². The van der Waals surface area contributed by atoms with Gasteiger partial charge in [0, 0.05) is 20.3 Å². The standard InChI is InChI=1S/C12H24N2O4/c1-12(2,3)8-13-11(17)14-9(10(15)16)6-5-7-18-4/h9H,5-8H2,1-4H3,(H,15,16)(H2,13,14,17). The van der Waals surface area contributed by atoms with Crippen LogP contribution in [0.5, 0.6) is 0 Å². The molecular weight excluding hydrogens is 236 g/mol. The second-order valence-corrected chi connectivity index (χ2v) is 5.41. The van der Waals surface area contributed by atoms with Gasteiger partial charge < -0.3 is 20.5 Å². The van der Waals surface area contributed by atoms with E-state index < -0.39 is 18.0 Å². The molecule has 0 fully saturated rings. The van der Waals surface area contributed by atoms with Gasteiger partial charge in [-0.25, -0.2) is 9.59 Å². The van der Waals surface area contributed by atoms with Crippen molar-refractivity contribution in [1.82, 2.24) is 10.6 Å². The maximum Gasteiger partial charge on any atom is 0.326 e. The van der Waals surface area contributed by atoms with Crippen molar-refractivity contribution in [2.75, 3.05) is 20.3 Å². The van der Waals surface area contributed by atoms with Gasteiger partial charge in [0.2, 0.25) is 0 Å². The number of carboxylic acid groups (broad SMARTS) is 1. The molecule has 106 valence electrons. The van der Waals surface area contributed by atoms with E-state index in [1.165, 1.54) is 0 Å². The number of carbonyl (C=O) groups is 2.